The number of carboxylic acids is 1. The monoisotopic (exact) mass is 344 g/mol. The summed E-state index contributed by atoms with van der Waals surface area (Å²) >= 11 is 1.56. The predicted octanol–water partition coefficient (Wildman–Crippen LogP) is 2.54. The molecule has 2 rings (SSSR count). The number of aromatic carboxylic acids is 1. The van der Waals surface area contributed by atoms with E-state index in [9.17, 15) is 9.90 Å². The molecule has 24 heavy (non-hydrogen) atoms. The lowest BCUT2D eigenvalue weighted by Gasteiger charge is -2.18. The maximum atomic E-state index is 10.8. The number of rotatable bonds is 8. The normalized spacial score (nSPS) is 10.6. The zero-order chi connectivity index (χ0) is 17.5. The van der Waals surface area contributed by atoms with Gasteiger partial charge in [0.15, 0.2) is 5.16 Å². The Bertz CT molecular complexity index is 689. The van der Waals surface area contributed by atoms with Crippen molar-refractivity contribution in [2.45, 2.75) is 37.6 Å². The second-order valence-corrected chi connectivity index (χ2v) is 6.49. The van der Waals surface area contributed by atoms with Crippen molar-refractivity contribution >= 4 is 23.5 Å². The van der Waals surface area contributed by atoms with Gasteiger partial charge in [0, 0.05) is 31.1 Å². The van der Waals surface area contributed by atoms with Gasteiger partial charge < -0.3 is 14.8 Å². The van der Waals surface area contributed by atoms with Gasteiger partial charge >= 0.3 is 0 Å². The first-order valence-corrected chi connectivity index (χ1v) is 9.04. The molecule has 0 aliphatic heterocycles. The SMILES string of the molecule is CCCN(C)c1cc(CC)nc(SCc2ccc(C(=O)[O-])cc2)n1. The van der Waals surface area contributed by atoms with Crippen molar-refractivity contribution in [2.24, 2.45) is 0 Å². The van der Waals surface area contributed by atoms with Crippen LogP contribution in [0.3, 0.4) is 0 Å². The summed E-state index contributed by atoms with van der Waals surface area (Å²) in [6.07, 6.45) is 1.93. The summed E-state index contributed by atoms with van der Waals surface area (Å²) < 4.78 is 0. The van der Waals surface area contributed by atoms with Gasteiger partial charge in [-0.1, -0.05) is 49.9 Å². The Balaban J connectivity index is 2.10. The topological polar surface area (TPSA) is 69.2 Å². The molecular weight excluding hydrogens is 322 g/mol. The van der Waals surface area contributed by atoms with E-state index in [2.05, 4.69) is 28.7 Å². The lowest BCUT2D eigenvalue weighted by Crippen LogP contribution is -2.21. The van der Waals surface area contributed by atoms with Gasteiger partial charge in [-0.3, -0.25) is 0 Å². The fraction of sp³-hybridized carbons (Fsp3) is 0.389. The first kappa shape index (κ1) is 18.3. The first-order valence-electron chi connectivity index (χ1n) is 8.05. The standard InChI is InChI=1S/C18H23N3O2S/c1-4-10-21(3)16-11-15(5-2)19-18(20-16)24-12-13-6-8-14(9-7-13)17(22)23/h6-9,11H,4-5,10,12H2,1-3H3,(H,22,23)/p-1. The van der Waals surface area contributed by atoms with Crippen LogP contribution in [0.15, 0.2) is 35.5 Å². The summed E-state index contributed by atoms with van der Waals surface area (Å²) in [5.74, 6) is 0.479. The number of thioether (sulfide) groups is 1. The number of aryl methyl sites for hydroxylation is 1. The number of aromatic nitrogens is 2. The number of carbonyl (C=O) groups is 1. The van der Waals surface area contributed by atoms with Crippen molar-refractivity contribution in [3.63, 3.8) is 0 Å². The molecule has 0 bridgehead atoms. The third-order valence-electron chi connectivity index (χ3n) is 3.62. The fourth-order valence-electron chi connectivity index (χ4n) is 2.24. The van der Waals surface area contributed by atoms with E-state index in [1.54, 1.807) is 36.0 Å². The van der Waals surface area contributed by atoms with Crippen LogP contribution in [0.1, 0.15) is 41.9 Å². The lowest BCUT2D eigenvalue weighted by molar-refractivity contribution is -0.255. The molecule has 0 spiro atoms. The van der Waals surface area contributed by atoms with Crippen LogP contribution in [0.25, 0.3) is 0 Å². The third-order valence-corrected chi connectivity index (χ3v) is 4.53. The van der Waals surface area contributed by atoms with Crippen LogP contribution in [0.5, 0.6) is 0 Å². The van der Waals surface area contributed by atoms with Crippen LogP contribution in [0.2, 0.25) is 0 Å². The molecule has 0 N–H and O–H groups in total. The van der Waals surface area contributed by atoms with E-state index in [0.29, 0.717) is 5.75 Å². The first-order chi connectivity index (χ1) is 11.5. The Morgan fingerprint density at radius 2 is 1.92 bits per heavy atom. The maximum absolute atomic E-state index is 10.8. The molecule has 0 aliphatic rings. The van der Waals surface area contributed by atoms with Crippen LogP contribution < -0.4 is 10.0 Å². The molecule has 0 fully saturated rings. The average molecular weight is 344 g/mol. The molecule has 0 amide bonds. The number of carboxylic acid groups (broad SMARTS) is 1. The number of hydrogen-bond acceptors (Lipinski definition) is 6. The Hall–Kier alpha value is -2.08. The van der Waals surface area contributed by atoms with Gasteiger partial charge in [0.25, 0.3) is 0 Å². The number of anilines is 1. The van der Waals surface area contributed by atoms with E-state index in [1.807, 2.05) is 13.1 Å². The van der Waals surface area contributed by atoms with Gasteiger partial charge in [0.05, 0.1) is 5.97 Å². The Morgan fingerprint density at radius 1 is 1.21 bits per heavy atom. The summed E-state index contributed by atoms with van der Waals surface area (Å²) in [6.45, 7) is 5.18. The number of hydrogen-bond donors (Lipinski definition) is 0. The molecule has 0 saturated heterocycles. The summed E-state index contributed by atoms with van der Waals surface area (Å²) in [7, 11) is 2.04. The minimum atomic E-state index is -1.16. The minimum Gasteiger partial charge on any atom is -0.545 e. The fourth-order valence-corrected chi connectivity index (χ4v) is 3.06. The van der Waals surface area contributed by atoms with E-state index in [0.717, 1.165) is 41.6 Å². The van der Waals surface area contributed by atoms with E-state index in [4.69, 9.17) is 0 Å². The van der Waals surface area contributed by atoms with Gasteiger partial charge in [-0.15, -0.1) is 0 Å². The predicted molar refractivity (Wildman–Crippen MR) is 95.3 cm³/mol. The summed E-state index contributed by atoms with van der Waals surface area (Å²) in [4.78, 5) is 22.1. The highest BCUT2D eigenvalue weighted by atomic mass is 32.2. The molecular formula is C18H22N3O2S-. The van der Waals surface area contributed by atoms with Crippen LogP contribution in [0, 0.1) is 0 Å². The second kappa shape index (κ2) is 8.68. The molecule has 0 unspecified atom stereocenters. The quantitative estimate of drug-likeness (QED) is 0.541. The molecule has 0 atom stereocenters. The highest BCUT2D eigenvalue weighted by Gasteiger charge is 2.08. The van der Waals surface area contributed by atoms with E-state index >= 15 is 0 Å². The third kappa shape index (κ3) is 4.96. The summed E-state index contributed by atoms with van der Waals surface area (Å²) in [5, 5.41) is 11.5. The molecule has 0 saturated carbocycles. The number of nitrogens with zero attached hydrogens (tertiary/aromatic N) is 3. The Morgan fingerprint density at radius 3 is 2.50 bits per heavy atom. The van der Waals surface area contributed by atoms with Crippen molar-refractivity contribution in [2.75, 3.05) is 18.5 Å². The minimum absolute atomic E-state index is 0.191. The second-order valence-electron chi connectivity index (χ2n) is 5.55. The Kier molecular flexibility index (Phi) is 6.61. The molecule has 5 nitrogen and oxygen atoms in total. The van der Waals surface area contributed by atoms with Crippen LogP contribution in [0.4, 0.5) is 5.82 Å². The smallest absolute Gasteiger partial charge is 0.190 e. The zero-order valence-electron chi connectivity index (χ0n) is 14.3. The van der Waals surface area contributed by atoms with Crippen LogP contribution in [-0.4, -0.2) is 29.5 Å². The Labute approximate surface area is 147 Å². The van der Waals surface area contributed by atoms with Gasteiger partial charge in [0.1, 0.15) is 5.82 Å². The van der Waals surface area contributed by atoms with Crippen molar-refractivity contribution in [1.82, 2.24) is 9.97 Å². The average Bonchev–Trinajstić information content (AvgIpc) is 2.60. The van der Waals surface area contributed by atoms with Gasteiger partial charge in [-0.25, -0.2) is 9.97 Å². The number of benzene rings is 1. The van der Waals surface area contributed by atoms with Gasteiger partial charge in [-0.2, -0.15) is 0 Å². The van der Waals surface area contributed by atoms with E-state index in [1.165, 1.54) is 0 Å². The van der Waals surface area contributed by atoms with Crippen molar-refractivity contribution < 1.29 is 9.90 Å². The molecule has 0 radical (unpaired) electrons. The molecule has 2 aromatic rings. The molecule has 1 heterocycles. The van der Waals surface area contributed by atoms with Crippen molar-refractivity contribution in [3.8, 4) is 0 Å². The summed E-state index contributed by atoms with van der Waals surface area (Å²) in [6, 6.07) is 8.76. The van der Waals surface area contributed by atoms with Crippen LogP contribution >= 0.6 is 11.8 Å². The number of carbonyl (C=O) groups excluding carboxylic acids is 1. The maximum Gasteiger partial charge on any atom is 0.190 e. The van der Waals surface area contributed by atoms with Crippen LogP contribution in [-0.2, 0) is 12.2 Å². The highest BCUT2D eigenvalue weighted by Crippen LogP contribution is 2.23. The van der Waals surface area contributed by atoms with Gasteiger partial charge in [0.2, 0.25) is 0 Å². The molecule has 128 valence electrons. The van der Waals surface area contributed by atoms with E-state index in [-0.39, 0.29) is 5.56 Å². The molecule has 6 heteroatoms. The molecule has 1 aromatic carbocycles. The summed E-state index contributed by atoms with van der Waals surface area (Å²) in [5.41, 5.74) is 2.24. The molecule has 0 aliphatic carbocycles. The van der Waals surface area contributed by atoms with Crippen molar-refractivity contribution in [3.05, 3.63) is 47.2 Å². The van der Waals surface area contributed by atoms with E-state index < -0.39 is 5.97 Å². The highest BCUT2D eigenvalue weighted by molar-refractivity contribution is 7.98. The lowest BCUT2D eigenvalue weighted by atomic mass is 10.1. The molecule has 1 aromatic heterocycles. The van der Waals surface area contributed by atoms with Gasteiger partial charge in [-0.05, 0) is 24.0 Å². The largest absolute Gasteiger partial charge is 0.545 e. The zero-order valence-corrected chi connectivity index (χ0v) is 15.1. The van der Waals surface area contributed by atoms with Crippen molar-refractivity contribution in [1.29, 1.82) is 0 Å².